The summed E-state index contributed by atoms with van der Waals surface area (Å²) in [4.78, 5) is 65.3. The van der Waals surface area contributed by atoms with Crippen LogP contribution in [0.15, 0.2) is 42.6 Å². The van der Waals surface area contributed by atoms with E-state index in [1.807, 2.05) is 0 Å². The number of carbonyl (C=O) groups excluding carboxylic acids is 3. The number of nitrogens with zero attached hydrogens (tertiary/aromatic N) is 2. The Morgan fingerprint density at radius 3 is 1.93 bits per heavy atom. The van der Waals surface area contributed by atoms with Crippen LogP contribution in [0, 0.1) is 16.0 Å². The van der Waals surface area contributed by atoms with Crippen molar-refractivity contribution in [2.75, 3.05) is 19.0 Å². The largest absolute Gasteiger partial charge is 0.540 e. The predicted molar refractivity (Wildman–Crippen MR) is 239 cm³/mol. The van der Waals surface area contributed by atoms with E-state index >= 15 is 0 Å². The van der Waals surface area contributed by atoms with E-state index < -0.39 is 63.5 Å². The van der Waals surface area contributed by atoms with E-state index in [9.17, 15) is 29.3 Å². The molecule has 0 saturated carbocycles. The van der Waals surface area contributed by atoms with Crippen LogP contribution in [0.5, 0.6) is 11.5 Å². The molecule has 3 atom stereocenters. The number of hydrogen-bond donors (Lipinski definition) is 4. The fourth-order valence-electron chi connectivity index (χ4n) is 7.60. The van der Waals surface area contributed by atoms with Gasteiger partial charge in [-0.05, 0) is 77.3 Å². The van der Waals surface area contributed by atoms with E-state index in [1.54, 1.807) is 44.3 Å². The van der Waals surface area contributed by atoms with Gasteiger partial charge in [0.05, 0.1) is 30.7 Å². The lowest BCUT2D eigenvalue weighted by atomic mass is 10.0. The van der Waals surface area contributed by atoms with Gasteiger partial charge < -0.3 is 39.5 Å². The van der Waals surface area contributed by atoms with E-state index in [4.69, 9.17) is 18.7 Å². The Balaban J connectivity index is 2.01. The Morgan fingerprint density at radius 1 is 0.900 bits per heavy atom. The van der Waals surface area contributed by atoms with E-state index in [0.29, 0.717) is 12.1 Å². The molecule has 4 amide bonds. The van der Waals surface area contributed by atoms with Crippen LogP contribution in [0.1, 0.15) is 105 Å². The number of carboxylic acid groups (broad SMARTS) is 1. The number of nitrogens with one attached hydrogen (secondary N) is 3. The van der Waals surface area contributed by atoms with E-state index in [-0.39, 0.29) is 56.9 Å². The molecule has 1 aliphatic rings. The third kappa shape index (κ3) is 11.3. The quantitative estimate of drug-likeness (QED) is 0.0636. The van der Waals surface area contributed by atoms with Gasteiger partial charge in [0.25, 0.3) is 19.9 Å². The van der Waals surface area contributed by atoms with Crippen LogP contribution < -0.4 is 25.1 Å². The van der Waals surface area contributed by atoms with Gasteiger partial charge >= 0.3 is 6.09 Å². The number of methoxy groups -OCH3 is 1. The molecule has 0 aromatic heterocycles. The van der Waals surface area contributed by atoms with E-state index in [0.717, 1.165) is 11.1 Å². The minimum absolute atomic E-state index is 0.106. The molecule has 4 N–H and O–H groups in total. The molecule has 0 radical (unpaired) electrons. The van der Waals surface area contributed by atoms with Crippen molar-refractivity contribution in [2.45, 2.75) is 142 Å². The van der Waals surface area contributed by atoms with Crippen LogP contribution in [0.3, 0.4) is 0 Å². The molecule has 0 spiro atoms. The van der Waals surface area contributed by atoms with Gasteiger partial charge in [0.15, 0.2) is 19.8 Å². The Labute approximate surface area is 357 Å². The number of anilines is 1. The van der Waals surface area contributed by atoms with Crippen molar-refractivity contribution in [1.29, 1.82) is 0 Å². The highest BCUT2D eigenvalue weighted by Crippen LogP contribution is 2.47. The van der Waals surface area contributed by atoms with Gasteiger partial charge in [0.1, 0.15) is 17.6 Å². The van der Waals surface area contributed by atoms with Crippen LogP contribution >= 0.6 is 0 Å². The average molecular weight is 870 g/mol. The molecule has 15 nitrogen and oxygen atoms in total. The molecule has 332 valence electrons. The van der Waals surface area contributed by atoms with Gasteiger partial charge in [-0.3, -0.25) is 24.5 Å². The van der Waals surface area contributed by atoms with E-state index in [2.05, 4.69) is 91.4 Å². The fraction of sp³-hybridized carbons (Fsp3) is 0.581. The zero-order chi connectivity index (χ0) is 45.7. The topological polar surface area (TPSA) is 199 Å². The summed E-state index contributed by atoms with van der Waals surface area (Å²) >= 11 is 0. The van der Waals surface area contributed by atoms with Crippen molar-refractivity contribution in [3.05, 3.63) is 63.8 Å². The highest BCUT2D eigenvalue weighted by Gasteiger charge is 2.48. The second kappa shape index (κ2) is 19.8. The van der Waals surface area contributed by atoms with Crippen molar-refractivity contribution in [1.82, 2.24) is 15.5 Å². The van der Waals surface area contributed by atoms with Gasteiger partial charge in [-0.15, -0.1) is 0 Å². The number of ether oxygens (including phenoxy) is 1. The summed E-state index contributed by atoms with van der Waals surface area (Å²) in [7, 11) is -3.39. The summed E-state index contributed by atoms with van der Waals surface area (Å²) < 4.78 is 19.2. The first kappa shape index (κ1) is 49.6. The first-order chi connectivity index (χ1) is 27.7. The zero-order valence-corrected chi connectivity index (χ0v) is 40.0. The third-order valence-electron chi connectivity index (χ3n) is 12.0. The number of nitro groups is 1. The minimum atomic E-state index is -2.56. The normalized spacial score (nSPS) is 15.8. The second-order valence-corrected chi connectivity index (χ2v) is 28.6. The van der Waals surface area contributed by atoms with Crippen molar-refractivity contribution >= 4 is 57.4 Å². The molecular formula is C43H67N5O10Si2. The highest BCUT2D eigenvalue weighted by atomic mass is 28.4. The maximum Gasteiger partial charge on any atom is 0.405 e. The SMILES string of the molecule is COc1cc(C(=O)N2C=C(c3ccc(NC(=O)C(C)NC(=O)C(NC(=O)O)C(C)C)cc3)CC2CO[Si](C)(C)C(C)(C)C)c([N+](=O)[O-])cc1O[Si](C(C)C)(C(C)C)C(C)C. The summed E-state index contributed by atoms with van der Waals surface area (Å²) in [6.45, 7) is 28.4. The molecule has 0 aliphatic carbocycles. The summed E-state index contributed by atoms with van der Waals surface area (Å²) in [6.07, 6.45) is 0.760. The Morgan fingerprint density at radius 2 is 1.47 bits per heavy atom. The van der Waals surface area contributed by atoms with Crippen molar-refractivity contribution in [2.24, 2.45) is 5.92 Å². The monoisotopic (exact) mass is 869 g/mol. The summed E-state index contributed by atoms with van der Waals surface area (Å²) in [5, 5.41) is 29.3. The zero-order valence-electron chi connectivity index (χ0n) is 38.0. The molecule has 1 heterocycles. The highest BCUT2D eigenvalue weighted by molar-refractivity contribution is 6.78. The van der Waals surface area contributed by atoms with Gasteiger partial charge in [-0.2, -0.15) is 0 Å². The first-order valence-electron chi connectivity index (χ1n) is 20.6. The second-order valence-electron chi connectivity index (χ2n) is 18.5. The lowest BCUT2D eigenvalue weighted by Crippen LogP contribution is -2.53. The molecule has 17 heteroatoms. The minimum Gasteiger partial charge on any atom is -0.540 e. The summed E-state index contributed by atoms with van der Waals surface area (Å²) in [5.41, 5.74) is 2.03. The average Bonchev–Trinajstić information content (AvgIpc) is 3.57. The number of amides is 4. The smallest absolute Gasteiger partial charge is 0.405 e. The molecule has 2 aromatic carbocycles. The number of carbonyl (C=O) groups is 4. The first-order valence-corrected chi connectivity index (χ1v) is 25.7. The Bertz CT molecular complexity index is 1900. The maximum atomic E-state index is 14.7. The fourth-order valence-corrected chi connectivity index (χ4v) is 13.9. The molecule has 2 aromatic rings. The van der Waals surface area contributed by atoms with Crippen LogP contribution in [0.4, 0.5) is 16.2 Å². The third-order valence-corrected chi connectivity index (χ3v) is 22.5. The van der Waals surface area contributed by atoms with Crippen LogP contribution in [0.2, 0.25) is 34.8 Å². The molecule has 0 fully saturated rings. The van der Waals surface area contributed by atoms with Crippen molar-refractivity contribution in [3.8, 4) is 11.5 Å². The number of hydrogen-bond acceptors (Lipinski definition) is 9. The van der Waals surface area contributed by atoms with Crippen molar-refractivity contribution < 1.29 is 42.8 Å². The molecule has 1 aliphatic heterocycles. The number of rotatable bonds is 18. The van der Waals surface area contributed by atoms with Crippen LogP contribution in [0.25, 0.3) is 5.57 Å². The maximum absolute atomic E-state index is 14.7. The van der Waals surface area contributed by atoms with Crippen LogP contribution in [-0.2, 0) is 14.0 Å². The van der Waals surface area contributed by atoms with E-state index in [1.165, 1.54) is 31.1 Å². The molecule has 0 bridgehead atoms. The van der Waals surface area contributed by atoms with Gasteiger partial charge in [0.2, 0.25) is 11.8 Å². The number of nitro benzene ring substituents is 1. The predicted octanol–water partition coefficient (Wildman–Crippen LogP) is 9.17. The molecular weight excluding hydrogens is 803 g/mol. The lowest BCUT2D eigenvalue weighted by molar-refractivity contribution is -0.385. The van der Waals surface area contributed by atoms with Crippen LogP contribution in [-0.4, -0.2) is 87.2 Å². The molecule has 60 heavy (non-hydrogen) atoms. The van der Waals surface area contributed by atoms with Crippen molar-refractivity contribution in [3.63, 3.8) is 0 Å². The summed E-state index contributed by atoms with van der Waals surface area (Å²) in [6, 6.07) is 7.23. The standard InChI is InChI=1S/C43H67N5O10Si2/c1-25(2)38(46-42(52)53)40(50)44-29(9)39(49)45-32-18-16-30(17-19-32)31-20-33(24-57-59(14,15)43(10,11)12)47(23-31)41(51)34-21-36(56-13)37(22-35(34)48(54)55)58-60(26(3)4,27(5)6)28(7)8/h16-19,21-23,25-29,33,38,46H,20,24H2,1-15H3,(H,44,50)(H,45,49)(H,52,53). The molecule has 3 rings (SSSR count). The van der Waals surface area contributed by atoms with Gasteiger partial charge in [-0.25, -0.2) is 4.79 Å². The molecule has 0 saturated heterocycles. The Kier molecular flexibility index (Phi) is 16.3. The number of benzene rings is 2. The Hall–Kier alpha value is -4.75. The lowest BCUT2D eigenvalue weighted by Gasteiger charge is -2.42. The summed E-state index contributed by atoms with van der Waals surface area (Å²) in [5.74, 6) is -1.56. The van der Waals surface area contributed by atoms with Gasteiger partial charge in [0, 0.05) is 18.0 Å². The molecule has 3 unspecified atom stereocenters. The van der Waals surface area contributed by atoms with Gasteiger partial charge in [-0.1, -0.05) is 88.3 Å².